The second kappa shape index (κ2) is 7.17. The Morgan fingerprint density at radius 1 is 1.65 bits per heavy atom. The fourth-order valence-electron chi connectivity index (χ4n) is 1.37. The van der Waals surface area contributed by atoms with Crippen LogP contribution in [-0.2, 0) is 10.0 Å². The lowest BCUT2D eigenvalue weighted by molar-refractivity contribution is 0.209. The van der Waals surface area contributed by atoms with Crippen LogP contribution in [0.2, 0.25) is 0 Å². The van der Waals surface area contributed by atoms with Gasteiger partial charge in [0.05, 0.1) is 6.26 Å². The summed E-state index contributed by atoms with van der Waals surface area (Å²) in [6, 6.07) is 0. The number of rotatable bonds is 5. The van der Waals surface area contributed by atoms with E-state index >= 15 is 0 Å². The molecular weight excluding hydrogens is 355 g/mol. The van der Waals surface area contributed by atoms with Gasteiger partial charge in [0.15, 0.2) is 5.96 Å². The summed E-state index contributed by atoms with van der Waals surface area (Å²) in [7, 11) is -3.03. The zero-order chi connectivity index (χ0) is 12.2. The van der Waals surface area contributed by atoms with Gasteiger partial charge in [-0.15, -0.1) is 30.6 Å². The van der Waals surface area contributed by atoms with Crippen molar-refractivity contribution in [2.75, 3.05) is 32.4 Å². The highest BCUT2D eigenvalue weighted by Crippen LogP contribution is 2.18. The van der Waals surface area contributed by atoms with Crippen LogP contribution in [0.3, 0.4) is 0 Å². The summed E-state index contributed by atoms with van der Waals surface area (Å²) in [6.07, 6.45) is 2.91. The van der Waals surface area contributed by atoms with Crippen molar-refractivity contribution in [2.24, 2.45) is 16.6 Å². The van der Waals surface area contributed by atoms with Crippen molar-refractivity contribution in [1.82, 2.24) is 9.62 Å². The fourth-order valence-corrected chi connectivity index (χ4v) is 2.33. The maximum atomic E-state index is 11.1. The fraction of sp³-hybridized carbons (Fsp3) is 0.667. The monoisotopic (exact) mass is 374 g/mol. The first-order chi connectivity index (χ1) is 7.43. The summed E-state index contributed by atoms with van der Waals surface area (Å²) in [5.74, 6) is 0.650. The predicted octanol–water partition coefficient (Wildman–Crippen LogP) is -0.414. The van der Waals surface area contributed by atoms with Crippen molar-refractivity contribution < 1.29 is 8.42 Å². The molecule has 1 aliphatic heterocycles. The molecular formula is C9H19IN4O2S. The van der Waals surface area contributed by atoms with Gasteiger partial charge in [0, 0.05) is 32.1 Å². The molecule has 1 fully saturated rings. The molecule has 0 amide bonds. The minimum absolute atomic E-state index is 0. The number of nitrogens with one attached hydrogen (secondary N) is 1. The van der Waals surface area contributed by atoms with Crippen LogP contribution in [0, 0.1) is 5.92 Å². The maximum absolute atomic E-state index is 11.1. The minimum Gasteiger partial charge on any atom is -0.370 e. The molecule has 0 atom stereocenters. The molecule has 100 valence electrons. The number of sulfonamides is 1. The molecule has 0 bridgehead atoms. The molecule has 0 spiro atoms. The van der Waals surface area contributed by atoms with Gasteiger partial charge in [0.2, 0.25) is 10.0 Å². The van der Waals surface area contributed by atoms with E-state index in [-0.39, 0.29) is 29.9 Å². The molecule has 1 heterocycles. The summed E-state index contributed by atoms with van der Waals surface area (Å²) in [6.45, 7) is 5.76. The van der Waals surface area contributed by atoms with Gasteiger partial charge in [-0.25, -0.2) is 12.7 Å². The average molecular weight is 374 g/mol. The summed E-state index contributed by atoms with van der Waals surface area (Å²) in [4.78, 5) is 4.11. The van der Waals surface area contributed by atoms with Crippen LogP contribution in [0.25, 0.3) is 0 Å². The Kier molecular flexibility index (Phi) is 7.02. The largest absolute Gasteiger partial charge is 0.370 e. The number of hydrogen-bond acceptors (Lipinski definition) is 3. The van der Waals surface area contributed by atoms with Crippen molar-refractivity contribution in [3.63, 3.8) is 0 Å². The highest BCUT2D eigenvalue weighted by atomic mass is 127. The molecule has 1 saturated heterocycles. The third-order valence-electron chi connectivity index (χ3n) is 2.34. The summed E-state index contributed by atoms with van der Waals surface area (Å²) in [5.41, 5.74) is 5.57. The lowest BCUT2D eigenvalue weighted by Crippen LogP contribution is -2.50. The van der Waals surface area contributed by atoms with Gasteiger partial charge in [-0.1, -0.05) is 6.08 Å². The van der Waals surface area contributed by atoms with Gasteiger partial charge in [-0.2, -0.15) is 0 Å². The molecule has 0 unspecified atom stereocenters. The molecule has 17 heavy (non-hydrogen) atoms. The van der Waals surface area contributed by atoms with E-state index in [1.54, 1.807) is 6.08 Å². The van der Waals surface area contributed by atoms with Gasteiger partial charge in [-0.3, -0.25) is 4.99 Å². The van der Waals surface area contributed by atoms with Crippen LogP contribution < -0.4 is 11.1 Å². The maximum Gasteiger partial charge on any atom is 0.211 e. The second-order valence-corrected chi connectivity index (χ2v) is 5.82. The molecule has 8 heteroatoms. The van der Waals surface area contributed by atoms with Crippen molar-refractivity contribution in [2.45, 2.75) is 0 Å². The summed E-state index contributed by atoms with van der Waals surface area (Å²) >= 11 is 0. The zero-order valence-electron chi connectivity index (χ0n) is 9.80. The van der Waals surface area contributed by atoms with E-state index in [1.165, 1.54) is 10.6 Å². The van der Waals surface area contributed by atoms with Crippen LogP contribution in [0.15, 0.2) is 17.6 Å². The van der Waals surface area contributed by atoms with E-state index in [1.807, 2.05) is 0 Å². The SMILES string of the molecule is C=CCNC(N)=NCC1CN(S(C)(=O)=O)C1.I. The summed E-state index contributed by atoms with van der Waals surface area (Å²) < 4.78 is 23.6. The topological polar surface area (TPSA) is 87.8 Å². The third-order valence-corrected chi connectivity index (χ3v) is 3.58. The second-order valence-electron chi connectivity index (χ2n) is 3.84. The van der Waals surface area contributed by atoms with Gasteiger partial charge in [0.25, 0.3) is 0 Å². The average Bonchev–Trinajstić information content (AvgIpc) is 2.09. The molecule has 0 aromatic carbocycles. The van der Waals surface area contributed by atoms with Crippen LogP contribution in [0.1, 0.15) is 0 Å². The molecule has 0 saturated carbocycles. The Balaban J connectivity index is 0.00000256. The first-order valence-corrected chi connectivity index (χ1v) is 6.88. The van der Waals surface area contributed by atoms with E-state index in [0.29, 0.717) is 32.1 Å². The molecule has 0 aromatic heterocycles. The Bertz CT molecular complexity index is 376. The molecule has 1 rings (SSSR count). The van der Waals surface area contributed by atoms with E-state index < -0.39 is 10.0 Å². The first-order valence-electron chi connectivity index (χ1n) is 5.03. The van der Waals surface area contributed by atoms with E-state index in [0.717, 1.165) is 0 Å². The van der Waals surface area contributed by atoms with E-state index in [4.69, 9.17) is 5.73 Å². The van der Waals surface area contributed by atoms with Gasteiger partial charge in [-0.05, 0) is 0 Å². The van der Waals surface area contributed by atoms with Crippen molar-refractivity contribution in [3.05, 3.63) is 12.7 Å². The van der Waals surface area contributed by atoms with Gasteiger partial charge < -0.3 is 11.1 Å². The smallest absolute Gasteiger partial charge is 0.211 e. The van der Waals surface area contributed by atoms with Crippen LogP contribution in [0.4, 0.5) is 0 Å². The van der Waals surface area contributed by atoms with Crippen molar-refractivity contribution >= 4 is 40.0 Å². The molecule has 0 aliphatic carbocycles. The summed E-state index contributed by atoms with van der Waals surface area (Å²) in [5, 5.41) is 2.86. The standard InChI is InChI=1S/C9H18N4O2S.HI/c1-3-4-11-9(10)12-5-8-6-13(7-8)16(2,14)15;/h3,8H,1,4-7H2,2H3,(H3,10,11,12);1H. The van der Waals surface area contributed by atoms with Gasteiger partial charge >= 0.3 is 0 Å². The molecule has 1 aliphatic rings. The van der Waals surface area contributed by atoms with Crippen LogP contribution in [0.5, 0.6) is 0 Å². The number of guanidine groups is 1. The zero-order valence-corrected chi connectivity index (χ0v) is 12.9. The normalized spacial score (nSPS) is 18.1. The Morgan fingerprint density at radius 2 is 2.24 bits per heavy atom. The molecule has 0 aromatic rings. The number of aliphatic imine (C=N–C) groups is 1. The molecule has 0 radical (unpaired) electrons. The Labute approximate surface area is 119 Å². The lowest BCUT2D eigenvalue weighted by Gasteiger charge is -2.36. The van der Waals surface area contributed by atoms with Crippen LogP contribution in [-0.4, -0.2) is 51.1 Å². The highest BCUT2D eigenvalue weighted by molar-refractivity contribution is 14.0. The van der Waals surface area contributed by atoms with Crippen LogP contribution >= 0.6 is 24.0 Å². The number of halogens is 1. The number of nitrogens with zero attached hydrogens (tertiary/aromatic N) is 2. The Morgan fingerprint density at radius 3 is 2.71 bits per heavy atom. The van der Waals surface area contributed by atoms with E-state index in [2.05, 4.69) is 16.9 Å². The first kappa shape index (κ1) is 16.6. The van der Waals surface area contributed by atoms with Crippen molar-refractivity contribution in [1.29, 1.82) is 0 Å². The van der Waals surface area contributed by atoms with E-state index in [9.17, 15) is 8.42 Å². The number of hydrogen-bond donors (Lipinski definition) is 2. The third kappa shape index (κ3) is 5.68. The number of nitrogens with two attached hydrogens (primary N) is 1. The molecule has 6 nitrogen and oxygen atoms in total. The van der Waals surface area contributed by atoms with Crippen molar-refractivity contribution in [3.8, 4) is 0 Å². The lowest BCUT2D eigenvalue weighted by atomic mass is 10.0. The quantitative estimate of drug-likeness (QED) is 0.296. The molecule has 3 N–H and O–H groups in total. The van der Waals surface area contributed by atoms with Gasteiger partial charge in [0.1, 0.15) is 0 Å². The predicted molar refractivity (Wildman–Crippen MR) is 80.0 cm³/mol. The minimum atomic E-state index is -3.03. The Hall–Kier alpha value is -0.350. The highest BCUT2D eigenvalue weighted by Gasteiger charge is 2.32.